The second kappa shape index (κ2) is 9.28. The predicted molar refractivity (Wildman–Crippen MR) is 87.8 cm³/mol. The Balaban J connectivity index is 2.74. The second-order valence-electron chi connectivity index (χ2n) is 4.76. The smallest absolute Gasteiger partial charge is 0.235 e. The highest BCUT2D eigenvalue weighted by Gasteiger charge is 2.26. The van der Waals surface area contributed by atoms with Crippen LogP contribution < -0.4 is 11.1 Å². The number of rotatable bonds is 8. The highest BCUT2D eigenvalue weighted by Crippen LogP contribution is 2.16. The van der Waals surface area contributed by atoms with Crippen molar-refractivity contribution in [2.24, 2.45) is 10.9 Å². The van der Waals surface area contributed by atoms with Crippen LogP contribution in [0.25, 0.3) is 0 Å². The molecule has 0 radical (unpaired) electrons. The van der Waals surface area contributed by atoms with Gasteiger partial charge in [-0.1, -0.05) is 42.4 Å². The van der Waals surface area contributed by atoms with E-state index in [-0.39, 0.29) is 17.8 Å². The van der Waals surface area contributed by atoms with Crippen molar-refractivity contribution in [1.29, 1.82) is 0 Å². The summed E-state index contributed by atoms with van der Waals surface area (Å²) in [7, 11) is 0. The molecule has 21 heavy (non-hydrogen) atoms. The normalized spacial score (nSPS) is 14.5. The van der Waals surface area contributed by atoms with Crippen LogP contribution in [0.15, 0.2) is 35.5 Å². The molecule has 116 valence electrons. The van der Waals surface area contributed by atoms with Crippen molar-refractivity contribution in [3.05, 3.63) is 35.9 Å². The fourth-order valence-corrected chi connectivity index (χ4v) is 2.77. The molecule has 0 aliphatic rings. The number of nitrogens with two attached hydrogens (primary N) is 1. The third-order valence-electron chi connectivity index (χ3n) is 3.09. The standard InChI is InChI=1S/C15H23N3O2S/c1-3-21-10-9-11(2)17-15(19)13(14(16)18-20)12-7-5-4-6-8-12/h4-8,11,13,20H,3,9-10H2,1-2H3,(H2,16,18)(H,17,19). The molecule has 2 unspecified atom stereocenters. The molecule has 0 aliphatic heterocycles. The molecule has 0 aliphatic carbocycles. The van der Waals surface area contributed by atoms with E-state index in [0.29, 0.717) is 5.56 Å². The Morgan fingerprint density at radius 2 is 2.10 bits per heavy atom. The first kappa shape index (κ1) is 17.4. The molecule has 5 nitrogen and oxygen atoms in total. The second-order valence-corrected chi connectivity index (χ2v) is 6.16. The van der Waals surface area contributed by atoms with Gasteiger partial charge in [0.1, 0.15) is 5.92 Å². The van der Waals surface area contributed by atoms with Crippen molar-refractivity contribution in [2.45, 2.75) is 32.2 Å². The Labute approximate surface area is 130 Å². The van der Waals surface area contributed by atoms with Crippen molar-refractivity contribution in [3.8, 4) is 0 Å². The number of nitrogens with one attached hydrogen (secondary N) is 1. The van der Waals surface area contributed by atoms with E-state index >= 15 is 0 Å². The van der Waals surface area contributed by atoms with Crippen molar-refractivity contribution in [1.82, 2.24) is 5.32 Å². The van der Waals surface area contributed by atoms with Gasteiger partial charge in [-0.3, -0.25) is 4.79 Å². The molecule has 0 saturated carbocycles. The van der Waals surface area contributed by atoms with Gasteiger partial charge >= 0.3 is 0 Å². The molecule has 6 heteroatoms. The van der Waals surface area contributed by atoms with Crippen LogP contribution in [0, 0.1) is 0 Å². The zero-order valence-corrected chi connectivity index (χ0v) is 13.3. The summed E-state index contributed by atoms with van der Waals surface area (Å²) in [5, 5.41) is 14.8. The van der Waals surface area contributed by atoms with Crippen LogP contribution >= 0.6 is 11.8 Å². The minimum Gasteiger partial charge on any atom is -0.409 e. The number of amidine groups is 1. The minimum absolute atomic E-state index is 0.0502. The molecule has 0 spiro atoms. The first-order valence-corrected chi connectivity index (χ1v) is 8.16. The zero-order valence-electron chi connectivity index (χ0n) is 12.5. The summed E-state index contributed by atoms with van der Waals surface area (Å²) in [4.78, 5) is 12.4. The Morgan fingerprint density at radius 1 is 1.43 bits per heavy atom. The number of carbonyl (C=O) groups is 1. The van der Waals surface area contributed by atoms with Gasteiger partial charge in [0.05, 0.1) is 0 Å². The Kier molecular flexibility index (Phi) is 7.68. The quantitative estimate of drug-likeness (QED) is 0.226. The van der Waals surface area contributed by atoms with Gasteiger partial charge < -0.3 is 16.3 Å². The first-order chi connectivity index (χ1) is 10.1. The maximum absolute atomic E-state index is 12.4. The summed E-state index contributed by atoms with van der Waals surface area (Å²) in [6, 6.07) is 9.13. The molecule has 0 heterocycles. The predicted octanol–water partition coefficient (Wildman–Crippen LogP) is 2.16. The minimum atomic E-state index is -0.766. The molecule has 0 fully saturated rings. The lowest BCUT2D eigenvalue weighted by atomic mass is 9.96. The Hall–Kier alpha value is -1.69. The van der Waals surface area contributed by atoms with E-state index in [1.54, 1.807) is 12.1 Å². The van der Waals surface area contributed by atoms with Crippen LogP contribution in [0.1, 0.15) is 31.7 Å². The van der Waals surface area contributed by atoms with Gasteiger partial charge in [-0.25, -0.2) is 0 Å². The third kappa shape index (κ3) is 5.67. The number of thioether (sulfide) groups is 1. The summed E-state index contributed by atoms with van der Waals surface area (Å²) in [6.07, 6.45) is 0.891. The van der Waals surface area contributed by atoms with Crippen LogP contribution in [0.3, 0.4) is 0 Å². The van der Waals surface area contributed by atoms with E-state index < -0.39 is 5.92 Å². The first-order valence-electron chi connectivity index (χ1n) is 7.00. The zero-order chi connectivity index (χ0) is 15.7. The molecule has 1 aromatic rings. The van der Waals surface area contributed by atoms with Crippen LogP contribution in [0.5, 0.6) is 0 Å². The molecule has 4 N–H and O–H groups in total. The van der Waals surface area contributed by atoms with Crippen molar-refractivity contribution < 1.29 is 10.0 Å². The molecular formula is C15H23N3O2S. The maximum Gasteiger partial charge on any atom is 0.235 e. The number of benzene rings is 1. The van der Waals surface area contributed by atoms with Crippen molar-refractivity contribution >= 4 is 23.5 Å². The lowest BCUT2D eigenvalue weighted by Gasteiger charge is -2.19. The summed E-state index contributed by atoms with van der Waals surface area (Å²) >= 11 is 1.84. The third-order valence-corrected chi connectivity index (χ3v) is 4.03. The molecule has 1 aromatic carbocycles. The van der Waals surface area contributed by atoms with Gasteiger partial charge in [0.2, 0.25) is 5.91 Å². The fraction of sp³-hybridized carbons (Fsp3) is 0.467. The number of carbonyl (C=O) groups excluding carboxylic acids is 1. The molecule has 1 rings (SSSR count). The van der Waals surface area contributed by atoms with Gasteiger partial charge in [-0.15, -0.1) is 0 Å². The molecule has 1 amide bonds. The highest BCUT2D eigenvalue weighted by atomic mass is 32.2. The molecule has 0 aromatic heterocycles. The number of nitrogens with zero attached hydrogens (tertiary/aromatic N) is 1. The van der Waals surface area contributed by atoms with Crippen molar-refractivity contribution in [3.63, 3.8) is 0 Å². The lowest BCUT2D eigenvalue weighted by Crippen LogP contribution is -2.41. The number of hydrogen-bond acceptors (Lipinski definition) is 4. The van der Waals surface area contributed by atoms with Gasteiger partial charge in [-0.2, -0.15) is 11.8 Å². The van der Waals surface area contributed by atoms with E-state index in [2.05, 4.69) is 17.4 Å². The molecule has 0 saturated heterocycles. The Morgan fingerprint density at radius 3 is 2.67 bits per heavy atom. The average Bonchev–Trinajstić information content (AvgIpc) is 2.48. The summed E-state index contributed by atoms with van der Waals surface area (Å²) in [6.45, 7) is 4.07. The van der Waals surface area contributed by atoms with E-state index in [9.17, 15) is 4.79 Å². The van der Waals surface area contributed by atoms with E-state index in [1.165, 1.54) is 0 Å². The summed E-state index contributed by atoms with van der Waals surface area (Å²) in [5.74, 6) is 0.950. The van der Waals surface area contributed by atoms with Gasteiger partial charge in [-0.05, 0) is 30.4 Å². The van der Waals surface area contributed by atoms with Crippen LogP contribution in [-0.4, -0.2) is 34.5 Å². The summed E-state index contributed by atoms with van der Waals surface area (Å²) < 4.78 is 0. The van der Waals surface area contributed by atoms with Crippen LogP contribution in [0.4, 0.5) is 0 Å². The number of hydrogen-bond donors (Lipinski definition) is 3. The monoisotopic (exact) mass is 309 g/mol. The molecule has 2 atom stereocenters. The van der Waals surface area contributed by atoms with Crippen LogP contribution in [0.2, 0.25) is 0 Å². The van der Waals surface area contributed by atoms with Gasteiger partial charge in [0.25, 0.3) is 0 Å². The van der Waals surface area contributed by atoms with E-state index in [0.717, 1.165) is 17.9 Å². The Bertz CT molecular complexity index is 465. The topological polar surface area (TPSA) is 87.7 Å². The number of amides is 1. The molecular weight excluding hydrogens is 286 g/mol. The lowest BCUT2D eigenvalue weighted by molar-refractivity contribution is -0.121. The van der Waals surface area contributed by atoms with E-state index in [4.69, 9.17) is 10.9 Å². The fourth-order valence-electron chi connectivity index (χ4n) is 1.96. The van der Waals surface area contributed by atoms with Gasteiger partial charge in [0, 0.05) is 6.04 Å². The maximum atomic E-state index is 12.4. The largest absolute Gasteiger partial charge is 0.409 e. The SMILES string of the molecule is CCSCCC(C)NC(=O)C(/C(N)=N/O)c1ccccc1. The van der Waals surface area contributed by atoms with Gasteiger partial charge in [0.15, 0.2) is 5.84 Å². The highest BCUT2D eigenvalue weighted by molar-refractivity contribution is 7.99. The summed E-state index contributed by atoms with van der Waals surface area (Å²) in [5.41, 5.74) is 6.39. The van der Waals surface area contributed by atoms with Crippen LogP contribution in [-0.2, 0) is 4.79 Å². The molecule has 0 bridgehead atoms. The van der Waals surface area contributed by atoms with Crippen molar-refractivity contribution in [2.75, 3.05) is 11.5 Å². The number of oxime groups is 1. The van der Waals surface area contributed by atoms with E-state index in [1.807, 2.05) is 36.9 Å². The average molecular weight is 309 g/mol.